The Morgan fingerprint density at radius 1 is 1.24 bits per heavy atom. The van der Waals surface area contributed by atoms with Crippen LogP contribution in [-0.2, 0) is 13.1 Å². The normalized spacial score (nSPS) is 16.5. The van der Waals surface area contributed by atoms with E-state index in [4.69, 9.17) is 0 Å². The molecule has 2 N–H and O–H groups in total. The second-order valence-electron chi connectivity index (χ2n) is 6.11. The molecule has 116 valence electrons. The summed E-state index contributed by atoms with van der Waals surface area (Å²) in [7, 11) is 6.03. The second kappa shape index (κ2) is 8.03. The SMILES string of the molecule is CN=C(NCc1cccc(CN(C)C)c1)NC1CCCC1. The second-order valence-corrected chi connectivity index (χ2v) is 6.11. The van der Waals surface area contributed by atoms with E-state index in [1.807, 2.05) is 7.05 Å². The molecule has 0 saturated heterocycles. The number of aliphatic imine (C=N–C) groups is 1. The lowest BCUT2D eigenvalue weighted by Crippen LogP contribution is -2.41. The van der Waals surface area contributed by atoms with Crippen LogP contribution in [0.15, 0.2) is 29.3 Å². The number of nitrogens with one attached hydrogen (secondary N) is 2. The topological polar surface area (TPSA) is 39.7 Å². The Morgan fingerprint density at radius 2 is 1.95 bits per heavy atom. The molecule has 0 unspecified atom stereocenters. The van der Waals surface area contributed by atoms with Crippen molar-refractivity contribution in [1.82, 2.24) is 15.5 Å². The Balaban J connectivity index is 1.85. The summed E-state index contributed by atoms with van der Waals surface area (Å²) in [6.07, 6.45) is 5.19. The molecule has 21 heavy (non-hydrogen) atoms. The fourth-order valence-electron chi connectivity index (χ4n) is 2.85. The van der Waals surface area contributed by atoms with Crippen LogP contribution in [0.4, 0.5) is 0 Å². The minimum atomic E-state index is 0.594. The van der Waals surface area contributed by atoms with Gasteiger partial charge >= 0.3 is 0 Å². The Kier molecular flexibility index (Phi) is 6.05. The van der Waals surface area contributed by atoms with Crippen LogP contribution in [0, 0.1) is 0 Å². The number of hydrogen-bond donors (Lipinski definition) is 2. The van der Waals surface area contributed by atoms with E-state index in [-0.39, 0.29) is 0 Å². The van der Waals surface area contributed by atoms with Gasteiger partial charge in [0.25, 0.3) is 0 Å². The summed E-state index contributed by atoms with van der Waals surface area (Å²) in [6.45, 7) is 1.79. The van der Waals surface area contributed by atoms with Crippen molar-refractivity contribution >= 4 is 5.96 Å². The van der Waals surface area contributed by atoms with Gasteiger partial charge in [0.15, 0.2) is 5.96 Å². The highest BCUT2D eigenvalue weighted by molar-refractivity contribution is 5.79. The summed E-state index contributed by atoms with van der Waals surface area (Å²) in [5, 5.41) is 6.93. The van der Waals surface area contributed by atoms with Crippen LogP contribution in [-0.4, -0.2) is 38.0 Å². The van der Waals surface area contributed by atoms with Crippen LogP contribution in [0.1, 0.15) is 36.8 Å². The molecule has 4 nitrogen and oxygen atoms in total. The molecule has 0 bridgehead atoms. The smallest absolute Gasteiger partial charge is 0.191 e. The minimum absolute atomic E-state index is 0.594. The number of hydrogen-bond acceptors (Lipinski definition) is 2. The zero-order valence-electron chi connectivity index (χ0n) is 13.5. The number of benzene rings is 1. The molecule has 0 heterocycles. The van der Waals surface area contributed by atoms with Gasteiger partial charge in [0.2, 0.25) is 0 Å². The van der Waals surface area contributed by atoms with Crippen molar-refractivity contribution in [3.63, 3.8) is 0 Å². The van der Waals surface area contributed by atoms with E-state index in [9.17, 15) is 0 Å². The highest BCUT2D eigenvalue weighted by Crippen LogP contribution is 2.17. The third kappa shape index (κ3) is 5.38. The molecule has 1 aliphatic carbocycles. The van der Waals surface area contributed by atoms with Gasteiger partial charge in [-0.3, -0.25) is 4.99 Å². The lowest BCUT2D eigenvalue weighted by molar-refractivity contribution is 0.402. The Hall–Kier alpha value is -1.55. The number of nitrogens with zero attached hydrogens (tertiary/aromatic N) is 2. The first kappa shape index (κ1) is 15.8. The molecule has 0 atom stereocenters. The highest BCUT2D eigenvalue weighted by atomic mass is 15.2. The lowest BCUT2D eigenvalue weighted by Gasteiger charge is -2.17. The number of guanidine groups is 1. The molecule has 1 saturated carbocycles. The third-order valence-electron chi connectivity index (χ3n) is 3.87. The van der Waals surface area contributed by atoms with Gasteiger partial charge in [-0.1, -0.05) is 37.1 Å². The van der Waals surface area contributed by atoms with Crippen molar-refractivity contribution in [3.8, 4) is 0 Å². The van der Waals surface area contributed by atoms with Gasteiger partial charge in [0, 0.05) is 26.2 Å². The largest absolute Gasteiger partial charge is 0.354 e. The molecule has 1 aromatic carbocycles. The summed E-state index contributed by atoms with van der Waals surface area (Å²) < 4.78 is 0. The van der Waals surface area contributed by atoms with Gasteiger partial charge in [0.05, 0.1) is 0 Å². The predicted octanol–water partition coefficient (Wildman–Crippen LogP) is 2.36. The molecule has 1 fully saturated rings. The Bertz CT molecular complexity index is 462. The van der Waals surface area contributed by atoms with Gasteiger partial charge in [-0.05, 0) is 38.1 Å². The van der Waals surface area contributed by atoms with E-state index >= 15 is 0 Å². The van der Waals surface area contributed by atoms with Gasteiger partial charge in [-0.2, -0.15) is 0 Å². The van der Waals surface area contributed by atoms with Gasteiger partial charge in [-0.15, -0.1) is 0 Å². The monoisotopic (exact) mass is 288 g/mol. The zero-order chi connectivity index (χ0) is 15.1. The fraction of sp³-hybridized carbons (Fsp3) is 0.588. The summed E-state index contributed by atoms with van der Waals surface area (Å²) >= 11 is 0. The van der Waals surface area contributed by atoms with Crippen molar-refractivity contribution in [2.75, 3.05) is 21.1 Å². The minimum Gasteiger partial charge on any atom is -0.354 e. The average molecular weight is 288 g/mol. The standard InChI is InChI=1S/C17H28N4/c1-18-17(20-16-9-4-5-10-16)19-12-14-7-6-8-15(11-14)13-21(2)3/h6-8,11,16H,4-5,9-10,12-13H2,1-3H3,(H2,18,19,20). The van der Waals surface area contributed by atoms with Gasteiger partial charge in [0.1, 0.15) is 0 Å². The van der Waals surface area contributed by atoms with E-state index in [0.29, 0.717) is 6.04 Å². The summed E-state index contributed by atoms with van der Waals surface area (Å²) in [6, 6.07) is 9.32. The first-order valence-electron chi connectivity index (χ1n) is 7.87. The molecule has 2 rings (SSSR count). The molecular weight excluding hydrogens is 260 g/mol. The van der Waals surface area contributed by atoms with E-state index in [2.05, 4.69) is 58.9 Å². The molecular formula is C17H28N4. The number of rotatable bonds is 5. The first-order valence-corrected chi connectivity index (χ1v) is 7.87. The quantitative estimate of drug-likeness (QED) is 0.645. The van der Waals surface area contributed by atoms with Gasteiger partial charge in [-0.25, -0.2) is 0 Å². The third-order valence-corrected chi connectivity index (χ3v) is 3.87. The molecule has 0 aromatic heterocycles. The zero-order valence-corrected chi connectivity index (χ0v) is 13.5. The average Bonchev–Trinajstić information content (AvgIpc) is 2.96. The van der Waals surface area contributed by atoms with Crippen molar-refractivity contribution in [2.45, 2.75) is 44.8 Å². The van der Waals surface area contributed by atoms with E-state index < -0.39 is 0 Å². The van der Waals surface area contributed by atoms with Crippen molar-refractivity contribution in [3.05, 3.63) is 35.4 Å². The molecule has 4 heteroatoms. The van der Waals surface area contributed by atoms with Crippen LogP contribution >= 0.6 is 0 Å². The molecule has 0 aliphatic heterocycles. The first-order chi connectivity index (χ1) is 10.2. The lowest BCUT2D eigenvalue weighted by atomic mass is 10.1. The Labute approximate surface area is 128 Å². The molecule has 1 aliphatic rings. The van der Waals surface area contributed by atoms with E-state index in [0.717, 1.165) is 19.0 Å². The Morgan fingerprint density at radius 3 is 2.62 bits per heavy atom. The van der Waals surface area contributed by atoms with Crippen LogP contribution in [0.5, 0.6) is 0 Å². The fourth-order valence-corrected chi connectivity index (χ4v) is 2.85. The predicted molar refractivity (Wildman–Crippen MR) is 89.4 cm³/mol. The van der Waals surface area contributed by atoms with Gasteiger partial charge < -0.3 is 15.5 Å². The van der Waals surface area contributed by atoms with Crippen molar-refractivity contribution < 1.29 is 0 Å². The summed E-state index contributed by atoms with van der Waals surface area (Å²) in [5.74, 6) is 0.917. The van der Waals surface area contributed by atoms with E-state index in [1.54, 1.807) is 0 Å². The maximum Gasteiger partial charge on any atom is 0.191 e. The molecule has 0 spiro atoms. The molecule has 1 aromatic rings. The van der Waals surface area contributed by atoms with Crippen LogP contribution in [0.3, 0.4) is 0 Å². The molecule has 0 radical (unpaired) electrons. The van der Waals surface area contributed by atoms with Crippen molar-refractivity contribution in [2.24, 2.45) is 4.99 Å². The van der Waals surface area contributed by atoms with Crippen LogP contribution in [0.2, 0.25) is 0 Å². The van der Waals surface area contributed by atoms with Crippen LogP contribution in [0.25, 0.3) is 0 Å². The maximum atomic E-state index is 4.32. The summed E-state index contributed by atoms with van der Waals surface area (Å²) in [5.41, 5.74) is 2.64. The highest BCUT2D eigenvalue weighted by Gasteiger charge is 2.15. The summed E-state index contributed by atoms with van der Waals surface area (Å²) in [4.78, 5) is 6.51. The van der Waals surface area contributed by atoms with Crippen molar-refractivity contribution in [1.29, 1.82) is 0 Å². The molecule has 0 amide bonds. The maximum absolute atomic E-state index is 4.32. The van der Waals surface area contributed by atoms with Crippen LogP contribution < -0.4 is 10.6 Å². The van der Waals surface area contributed by atoms with E-state index in [1.165, 1.54) is 36.8 Å².